The third-order valence-electron chi connectivity index (χ3n) is 8.57. The first kappa shape index (κ1) is 24.2. The second kappa shape index (κ2) is 8.72. The maximum Gasteiger partial charge on any atom is 0.257 e. The number of nitrogens with one attached hydrogen (secondary N) is 1. The lowest BCUT2D eigenvalue weighted by atomic mass is 9.73. The van der Waals surface area contributed by atoms with Gasteiger partial charge in [-0.25, -0.2) is 4.39 Å². The van der Waals surface area contributed by atoms with Gasteiger partial charge in [0, 0.05) is 58.1 Å². The Kier molecular flexibility index (Phi) is 5.70. The molecule has 0 saturated carbocycles. The van der Waals surface area contributed by atoms with E-state index < -0.39 is 5.41 Å². The molecule has 0 radical (unpaired) electrons. The summed E-state index contributed by atoms with van der Waals surface area (Å²) in [6.07, 6.45) is 2.69. The zero-order valence-electron chi connectivity index (χ0n) is 22.0. The monoisotopic (exact) mass is 510 g/mol. The van der Waals surface area contributed by atoms with Crippen LogP contribution in [0.2, 0.25) is 0 Å². The number of piperidine rings is 1. The molecule has 2 unspecified atom stereocenters. The van der Waals surface area contributed by atoms with E-state index in [2.05, 4.69) is 9.88 Å². The van der Waals surface area contributed by atoms with Crippen molar-refractivity contribution in [3.8, 4) is 0 Å². The number of carbonyl (C=O) groups excluding carboxylic acids is 1. The van der Waals surface area contributed by atoms with Crippen LogP contribution in [0.15, 0.2) is 16.9 Å². The molecule has 0 bridgehead atoms. The van der Waals surface area contributed by atoms with Crippen LogP contribution in [-0.4, -0.2) is 74.9 Å². The molecular weight excluding hydrogens is 475 g/mol. The Balaban J connectivity index is 1.29. The molecule has 4 aliphatic heterocycles. The number of aromatic nitrogens is 2. The Hall–Kier alpha value is -3.14. The maximum atomic E-state index is 15.9. The van der Waals surface area contributed by atoms with Crippen molar-refractivity contribution < 1.29 is 13.9 Å². The minimum Gasteiger partial charge on any atom is -0.372 e. The van der Waals surface area contributed by atoms with E-state index in [9.17, 15) is 9.59 Å². The van der Waals surface area contributed by atoms with Gasteiger partial charge in [0.2, 0.25) is 11.9 Å². The number of nitrogens with zero attached hydrogens (tertiary/aromatic N) is 5. The standard InChI is InChI=1S/C27H35FN6O3/c1-16-14-34(15-17(2)37-16)18-12-20(28)22-21(13-18)32(4)25(36)27(22)7-10-33(11-8-27)26-29-23-19(24(35)30-26)6-5-9-31(23)3/h12-13,16-17H,5-11,14-15H2,1-4H3,(H,29,30,35). The van der Waals surface area contributed by atoms with Gasteiger partial charge in [-0.2, -0.15) is 4.98 Å². The van der Waals surface area contributed by atoms with Crippen molar-refractivity contribution in [2.45, 2.75) is 57.2 Å². The van der Waals surface area contributed by atoms with Crippen LogP contribution in [-0.2, 0) is 21.4 Å². The van der Waals surface area contributed by atoms with Crippen LogP contribution < -0.4 is 25.2 Å². The Labute approximate surface area is 216 Å². The van der Waals surface area contributed by atoms with Gasteiger partial charge in [0.25, 0.3) is 5.56 Å². The molecule has 2 saturated heterocycles. The van der Waals surface area contributed by atoms with E-state index in [1.807, 2.05) is 36.8 Å². The Morgan fingerprint density at radius 2 is 1.76 bits per heavy atom. The molecule has 198 valence electrons. The molecule has 4 aliphatic rings. The van der Waals surface area contributed by atoms with Gasteiger partial charge < -0.3 is 24.3 Å². The van der Waals surface area contributed by atoms with E-state index in [1.165, 1.54) is 0 Å². The lowest BCUT2D eigenvalue weighted by Gasteiger charge is -2.39. The summed E-state index contributed by atoms with van der Waals surface area (Å²) in [5.74, 6) is 0.872. The number of anilines is 4. The van der Waals surface area contributed by atoms with Gasteiger partial charge >= 0.3 is 0 Å². The molecular formula is C27H35FN6O3. The molecule has 2 atom stereocenters. The molecule has 9 nitrogen and oxygen atoms in total. The molecule has 1 spiro atoms. The van der Waals surface area contributed by atoms with Crippen molar-refractivity contribution >= 4 is 29.0 Å². The molecule has 1 aromatic carbocycles. The lowest BCUT2D eigenvalue weighted by Crippen LogP contribution is -2.49. The Morgan fingerprint density at radius 1 is 1.05 bits per heavy atom. The molecule has 37 heavy (non-hydrogen) atoms. The summed E-state index contributed by atoms with van der Waals surface area (Å²) in [5.41, 5.74) is 1.67. The van der Waals surface area contributed by atoms with Crippen molar-refractivity contribution in [3.63, 3.8) is 0 Å². The molecule has 2 fully saturated rings. The van der Waals surface area contributed by atoms with E-state index in [4.69, 9.17) is 9.72 Å². The van der Waals surface area contributed by atoms with Crippen LogP contribution in [0.4, 0.5) is 27.5 Å². The van der Waals surface area contributed by atoms with E-state index >= 15 is 4.39 Å². The van der Waals surface area contributed by atoms with Gasteiger partial charge in [-0.1, -0.05) is 0 Å². The highest BCUT2D eigenvalue weighted by molar-refractivity contribution is 6.08. The summed E-state index contributed by atoms with van der Waals surface area (Å²) >= 11 is 0. The van der Waals surface area contributed by atoms with Gasteiger partial charge in [-0.15, -0.1) is 0 Å². The quantitative estimate of drug-likeness (QED) is 0.664. The average molecular weight is 511 g/mol. The van der Waals surface area contributed by atoms with Crippen LogP contribution in [0.25, 0.3) is 0 Å². The molecule has 0 aliphatic carbocycles. The first-order chi connectivity index (χ1) is 17.7. The topological polar surface area (TPSA) is 85.0 Å². The summed E-state index contributed by atoms with van der Waals surface area (Å²) in [4.78, 5) is 41.9. The number of halogens is 1. The van der Waals surface area contributed by atoms with Crippen LogP contribution in [0.5, 0.6) is 0 Å². The number of benzene rings is 1. The summed E-state index contributed by atoms with van der Waals surface area (Å²) in [6.45, 7) is 7.28. The highest BCUT2D eigenvalue weighted by Gasteiger charge is 2.53. The highest BCUT2D eigenvalue weighted by atomic mass is 19.1. The van der Waals surface area contributed by atoms with Crippen molar-refractivity contribution in [2.24, 2.45) is 0 Å². The number of aromatic amines is 1. The highest BCUT2D eigenvalue weighted by Crippen LogP contribution is 2.50. The number of hydrogen-bond donors (Lipinski definition) is 1. The van der Waals surface area contributed by atoms with Crippen LogP contribution in [0.3, 0.4) is 0 Å². The zero-order valence-corrected chi connectivity index (χ0v) is 22.0. The minimum atomic E-state index is -0.903. The summed E-state index contributed by atoms with van der Waals surface area (Å²) in [5, 5.41) is 0. The largest absolute Gasteiger partial charge is 0.372 e. The number of likely N-dealkylation sites (N-methyl/N-ethyl adjacent to an activating group) is 1. The van der Waals surface area contributed by atoms with E-state index in [0.29, 0.717) is 56.2 Å². The zero-order chi connectivity index (χ0) is 26.1. The third kappa shape index (κ3) is 3.79. The van der Waals surface area contributed by atoms with Gasteiger partial charge in [-0.3, -0.25) is 14.6 Å². The van der Waals surface area contributed by atoms with E-state index in [-0.39, 0.29) is 29.5 Å². The predicted octanol–water partition coefficient (Wildman–Crippen LogP) is 2.42. The Bertz CT molecular complexity index is 1290. The summed E-state index contributed by atoms with van der Waals surface area (Å²) < 4.78 is 21.7. The van der Waals surface area contributed by atoms with Crippen molar-refractivity contribution in [2.75, 3.05) is 66.4 Å². The first-order valence-electron chi connectivity index (χ1n) is 13.3. The van der Waals surface area contributed by atoms with Gasteiger partial charge in [0.15, 0.2) is 0 Å². The summed E-state index contributed by atoms with van der Waals surface area (Å²) in [6, 6.07) is 3.54. The van der Waals surface area contributed by atoms with E-state index in [1.54, 1.807) is 18.0 Å². The Morgan fingerprint density at radius 3 is 2.46 bits per heavy atom. The summed E-state index contributed by atoms with van der Waals surface area (Å²) in [7, 11) is 3.70. The number of hydrogen-bond acceptors (Lipinski definition) is 7. The minimum absolute atomic E-state index is 0.0542. The predicted molar refractivity (Wildman–Crippen MR) is 142 cm³/mol. The molecule has 2 aromatic rings. The second-order valence-electron chi connectivity index (χ2n) is 11.1. The van der Waals surface area contributed by atoms with Crippen LogP contribution >= 0.6 is 0 Å². The van der Waals surface area contributed by atoms with Crippen LogP contribution in [0, 0.1) is 5.82 Å². The number of amides is 1. The molecule has 1 aromatic heterocycles. The first-order valence-corrected chi connectivity index (χ1v) is 13.3. The lowest BCUT2D eigenvalue weighted by molar-refractivity contribution is -0.123. The number of ether oxygens (including phenoxy) is 1. The maximum absolute atomic E-state index is 15.9. The van der Waals surface area contributed by atoms with E-state index in [0.717, 1.165) is 36.5 Å². The number of rotatable bonds is 2. The second-order valence-corrected chi connectivity index (χ2v) is 11.1. The SMILES string of the molecule is CC1CN(c2cc(F)c3c(c2)N(C)C(=O)C32CCN(c3nc4c(c(=O)[nH]3)CCCN4C)CC2)CC(C)O1. The number of H-pyrrole nitrogens is 1. The molecule has 1 amide bonds. The fourth-order valence-corrected chi connectivity index (χ4v) is 6.75. The number of fused-ring (bicyclic) bond motifs is 3. The van der Waals surface area contributed by atoms with Gasteiger partial charge in [0.1, 0.15) is 11.6 Å². The molecule has 5 heterocycles. The molecule has 6 rings (SSSR count). The normalized spacial score (nSPS) is 25.1. The number of carbonyl (C=O) groups is 1. The van der Waals surface area contributed by atoms with Gasteiger partial charge in [-0.05, 0) is 51.7 Å². The van der Waals surface area contributed by atoms with Crippen molar-refractivity contribution in [1.29, 1.82) is 0 Å². The van der Waals surface area contributed by atoms with Crippen molar-refractivity contribution in [3.05, 3.63) is 39.4 Å². The smallest absolute Gasteiger partial charge is 0.257 e. The molecule has 1 N–H and O–H groups in total. The van der Waals surface area contributed by atoms with Crippen LogP contribution in [0.1, 0.15) is 44.2 Å². The third-order valence-corrected chi connectivity index (χ3v) is 8.57. The van der Waals surface area contributed by atoms with Crippen molar-refractivity contribution in [1.82, 2.24) is 9.97 Å². The molecule has 10 heteroatoms. The van der Waals surface area contributed by atoms with Gasteiger partial charge in [0.05, 0.1) is 28.9 Å². The number of morpholine rings is 1. The average Bonchev–Trinajstić information content (AvgIpc) is 3.06. The fourth-order valence-electron chi connectivity index (χ4n) is 6.75. The fraction of sp³-hybridized carbons (Fsp3) is 0.593.